The lowest BCUT2D eigenvalue weighted by Crippen LogP contribution is -2.11. The number of pyridine rings is 1. The number of carboxylic acids is 1. The van der Waals surface area contributed by atoms with Crippen LogP contribution in [0.1, 0.15) is 10.4 Å². The zero-order valence-corrected chi connectivity index (χ0v) is 15.1. The molecular weight excluding hydrogens is 342 g/mol. The van der Waals surface area contributed by atoms with Crippen LogP contribution in [-0.2, 0) is 7.05 Å². The molecule has 25 heavy (non-hydrogen) atoms. The van der Waals surface area contributed by atoms with Gasteiger partial charge in [-0.15, -0.1) is 0 Å². The normalized spacial score (nSPS) is 10.9. The molecule has 0 aliphatic heterocycles. The summed E-state index contributed by atoms with van der Waals surface area (Å²) in [6, 6.07) is 7.27. The molecule has 0 fully saturated rings. The number of rotatable bonds is 4. The van der Waals surface area contributed by atoms with Gasteiger partial charge in [0.25, 0.3) is 0 Å². The third kappa shape index (κ3) is 2.89. The number of hydrogen-bond donors (Lipinski definition) is 1. The van der Waals surface area contributed by atoms with E-state index in [1.165, 1.54) is 0 Å². The van der Waals surface area contributed by atoms with Crippen molar-refractivity contribution in [2.45, 2.75) is 0 Å². The average Bonchev–Trinajstić information content (AvgIpc) is 2.90. The number of aryl methyl sites for hydroxylation is 1. The number of nitrogens with zero attached hydrogens (tertiary/aromatic N) is 3. The lowest BCUT2D eigenvalue weighted by atomic mass is 10.0. The highest BCUT2D eigenvalue weighted by molar-refractivity contribution is 6.34. The first-order valence-corrected chi connectivity index (χ1v) is 7.96. The highest BCUT2D eigenvalue weighted by atomic mass is 35.5. The minimum atomic E-state index is -0.980. The smallest absolute Gasteiger partial charge is 0.337 e. The second-order valence-corrected chi connectivity index (χ2v) is 6.34. The maximum absolute atomic E-state index is 11.5. The molecule has 3 rings (SSSR count). The van der Waals surface area contributed by atoms with Gasteiger partial charge in [0.05, 0.1) is 23.2 Å². The first-order chi connectivity index (χ1) is 11.8. The van der Waals surface area contributed by atoms with Gasteiger partial charge < -0.3 is 19.3 Å². The van der Waals surface area contributed by atoms with E-state index in [1.54, 1.807) is 37.1 Å². The first-order valence-electron chi connectivity index (χ1n) is 7.58. The van der Waals surface area contributed by atoms with Gasteiger partial charge in [0.2, 0.25) is 5.88 Å². The van der Waals surface area contributed by atoms with Gasteiger partial charge in [0, 0.05) is 43.9 Å². The molecule has 0 radical (unpaired) electrons. The maximum Gasteiger partial charge on any atom is 0.337 e. The molecule has 0 bridgehead atoms. The molecule has 0 saturated carbocycles. The summed E-state index contributed by atoms with van der Waals surface area (Å²) in [6.45, 7) is 0. The number of halogens is 1. The summed E-state index contributed by atoms with van der Waals surface area (Å²) in [5.74, 6) is 0.205. The number of aromatic nitrogens is 2. The predicted molar refractivity (Wildman–Crippen MR) is 99.0 cm³/mol. The van der Waals surface area contributed by atoms with Crippen LogP contribution in [0.15, 0.2) is 30.5 Å². The Labute approximate surface area is 150 Å². The molecule has 130 valence electrons. The lowest BCUT2D eigenvalue weighted by molar-refractivity contribution is 0.0699. The van der Waals surface area contributed by atoms with Crippen LogP contribution in [0.25, 0.3) is 22.0 Å². The van der Waals surface area contributed by atoms with Crippen LogP contribution >= 0.6 is 11.6 Å². The van der Waals surface area contributed by atoms with E-state index in [2.05, 4.69) is 4.98 Å². The lowest BCUT2D eigenvalue weighted by Gasteiger charge is -2.15. The molecule has 6 nitrogen and oxygen atoms in total. The van der Waals surface area contributed by atoms with Crippen LogP contribution in [-0.4, -0.2) is 41.8 Å². The fourth-order valence-corrected chi connectivity index (χ4v) is 3.08. The molecule has 0 aliphatic carbocycles. The Morgan fingerprint density at radius 1 is 1.28 bits per heavy atom. The summed E-state index contributed by atoms with van der Waals surface area (Å²) in [6.07, 6.45) is 1.58. The quantitative estimate of drug-likeness (QED) is 0.769. The van der Waals surface area contributed by atoms with Crippen molar-refractivity contribution in [3.05, 3.63) is 41.0 Å². The van der Waals surface area contributed by atoms with Gasteiger partial charge in [0.1, 0.15) is 5.82 Å². The van der Waals surface area contributed by atoms with Gasteiger partial charge in [-0.25, -0.2) is 4.79 Å². The van der Waals surface area contributed by atoms with Crippen LogP contribution in [0.5, 0.6) is 5.88 Å². The Hall–Kier alpha value is -2.73. The van der Waals surface area contributed by atoms with E-state index >= 15 is 0 Å². The van der Waals surface area contributed by atoms with Crippen molar-refractivity contribution >= 4 is 34.3 Å². The van der Waals surface area contributed by atoms with Crippen molar-refractivity contribution in [3.63, 3.8) is 0 Å². The second-order valence-electron chi connectivity index (χ2n) is 5.93. The minimum absolute atomic E-state index is 0.229. The van der Waals surface area contributed by atoms with Crippen molar-refractivity contribution in [3.8, 4) is 17.0 Å². The molecule has 0 amide bonds. The molecule has 2 aromatic heterocycles. The first kappa shape index (κ1) is 17.1. The fraction of sp³-hybridized carbons (Fsp3) is 0.222. The van der Waals surface area contributed by atoms with E-state index in [9.17, 15) is 9.90 Å². The Morgan fingerprint density at radius 3 is 2.60 bits per heavy atom. The van der Waals surface area contributed by atoms with E-state index in [0.717, 1.165) is 11.3 Å². The van der Waals surface area contributed by atoms with Crippen LogP contribution < -0.4 is 9.64 Å². The number of anilines is 1. The molecule has 0 aliphatic rings. The Morgan fingerprint density at radius 2 is 2.00 bits per heavy atom. The molecule has 1 aromatic carbocycles. The largest absolute Gasteiger partial charge is 0.480 e. The molecule has 2 heterocycles. The third-order valence-corrected chi connectivity index (χ3v) is 4.41. The van der Waals surface area contributed by atoms with E-state index in [1.807, 2.05) is 31.1 Å². The Kier molecular flexibility index (Phi) is 4.30. The Balaban J connectivity index is 2.27. The Bertz CT molecular complexity index is 979. The highest BCUT2D eigenvalue weighted by Crippen LogP contribution is 2.38. The second kappa shape index (κ2) is 6.29. The summed E-state index contributed by atoms with van der Waals surface area (Å²) < 4.78 is 7.17. The predicted octanol–water partition coefficient (Wildman–Crippen LogP) is 3.67. The molecule has 1 N–H and O–H groups in total. The minimum Gasteiger partial charge on any atom is -0.480 e. The van der Waals surface area contributed by atoms with Crippen molar-refractivity contribution in [1.82, 2.24) is 9.55 Å². The molecular formula is C18H18ClN3O3. The molecule has 0 saturated heterocycles. The van der Waals surface area contributed by atoms with Crippen LogP contribution in [0.4, 0.5) is 5.82 Å². The molecule has 7 heteroatoms. The van der Waals surface area contributed by atoms with E-state index in [4.69, 9.17) is 16.3 Å². The van der Waals surface area contributed by atoms with Gasteiger partial charge in [0.15, 0.2) is 0 Å². The van der Waals surface area contributed by atoms with Gasteiger partial charge >= 0.3 is 5.97 Å². The summed E-state index contributed by atoms with van der Waals surface area (Å²) in [5.41, 5.74) is 2.37. The third-order valence-electron chi connectivity index (χ3n) is 4.10. The zero-order chi connectivity index (χ0) is 18.3. The summed E-state index contributed by atoms with van der Waals surface area (Å²) in [4.78, 5) is 17.9. The number of benzene rings is 1. The highest BCUT2D eigenvalue weighted by Gasteiger charge is 2.18. The maximum atomic E-state index is 11.5. The topological polar surface area (TPSA) is 67.6 Å². The van der Waals surface area contributed by atoms with Crippen LogP contribution in [0.3, 0.4) is 0 Å². The monoisotopic (exact) mass is 359 g/mol. The van der Waals surface area contributed by atoms with Crippen LogP contribution in [0.2, 0.25) is 5.02 Å². The number of methoxy groups -OCH3 is 1. The molecule has 0 spiro atoms. The van der Waals surface area contributed by atoms with Gasteiger partial charge in [-0.1, -0.05) is 11.6 Å². The molecule has 0 atom stereocenters. The number of fused-ring (bicyclic) bond motifs is 1. The summed E-state index contributed by atoms with van der Waals surface area (Å²) >= 11 is 6.48. The van der Waals surface area contributed by atoms with Gasteiger partial charge in [-0.3, -0.25) is 0 Å². The molecule has 0 unspecified atom stereocenters. The standard InChI is InChI=1S/C18H18ClN3O3/c1-21(2)16-6-5-10(17(20-16)25-4)11-7-12-13(18(23)24)9-22(3)15(12)8-14(11)19/h5-9H,1-4H3,(H,23,24). The number of carbonyl (C=O) groups is 1. The van der Waals surface area contributed by atoms with Crippen molar-refractivity contribution in [2.24, 2.45) is 7.05 Å². The van der Waals surface area contributed by atoms with Crippen LogP contribution in [0, 0.1) is 0 Å². The van der Waals surface area contributed by atoms with E-state index in [-0.39, 0.29) is 5.56 Å². The number of aromatic carboxylic acids is 1. The SMILES string of the molecule is COc1nc(N(C)C)ccc1-c1cc2c(C(=O)O)cn(C)c2cc1Cl. The fourth-order valence-electron chi connectivity index (χ4n) is 2.82. The molecule has 3 aromatic rings. The summed E-state index contributed by atoms with van der Waals surface area (Å²) in [7, 11) is 7.12. The number of ether oxygens (including phenoxy) is 1. The van der Waals surface area contributed by atoms with Gasteiger partial charge in [-0.05, 0) is 24.3 Å². The van der Waals surface area contributed by atoms with E-state index in [0.29, 0.717) is 27.4 Å². The van der Waals surface area contributed by atoms with Crippen molar-refractivity contribution in [2.75, 3.05) is 26.1 Å². The van der Waals surface area contributed by atoms with E-state index < -0.39 is 5.97 Å². The summed E-state index contributed by atoms with van der Waals surface area (Å²) in [5, 5.41) is 10.6. The van der Waals surface area contributed by atoms with Crippen molar-refractivity contribution < 1.29 is 14.6 Å². The van der Waals surface area contributed by atoms with Gasteiger partial charge in [-0.2, -0.15) is 4.98 Å². The number of hydrogen-bond acceptors (Lipinski definition) is 4. The van der Waals surface area contributed by atoms with Crippen molar-refractivity contribution in [1.29, 1.82) is 0 Å². The zero-order valence-electron chi connectivity index (χ0n) is 14.4. The average molecular weight is 360 g/mol. The number of carboxylic acid groups (broad SMARTS) is 1.